The minimum atomic E-state index is 0.218. The molecule has 9 heteroatoms. The van der Waals surface area contributed by atoms with Crippen LogP contribution in [0.2, 0.25) is 0 Å². The molecule has 0 saturated heterocycles. The van der Waals surface area contributed by atoms with E-state index in [4.69, 9.17) is 19.7 Å². The van der Waals surface area contributed by atoms with Crippen LogP contribution in [0.15, 0.2) is 65.4 Å². The van der Waals surface area contributed by atoms with Gasteiger partial charge in [-0.25, -0.2) is 9.97 Å². The Balaban J connectivity index is 1.62. The third-order valence-electron chi connectivity index (χ3n) is 4.98. The Morgan fingerprint density at radius 1 is 0.875 bits per heavy atom. The molecule has 158 valence electrons. The molecule has 0 unspecified atom stereocenters. The lowest BCUT2D eigenvalue weighted by Crippen LogP contribution is -1.97. The molecule has 0 saturated carbocycles. The molecule has 0 spiro atoms. The Morgan fingerprint density at radius 2 is 1.75 bits per heavy atom. The summed E-state index contributed by atoms with van der Waals surface area (Å²) in [6.07, 6.45) is 3.21. The SMILES string of the molecule is COc1ncc(OC)c(-c2cccc(-c3onc4ccc(-c5ccnc(N)n5)cc34)c2)n1. The zero-order chi connectivity index (χ0) is 22.1. The highest BCUT2D eigenvalue weighted by atomic mass is 16.5. The number of hydrogen-bond donors (Lipinski definition) is 1. The van der Waals surface area contributed by atoms with Crippen LogP contribution >= 0.6 is 0 Å². The highest BCUT2D eigenvalue weighted by Crippen LogP contribution is 2.35. The van der Waals surface area contributed by atoms with Gasteiger partial charge in [-0.05, 0) is 24.3 Å². The smallest absolute Gasteiger partial charge is 0.316 e. The first kappa shape index (κ1) is 19.4. The van der Waals surface area contributed by atoms with Crippen LogP contribution in [-0.4, -0.2) is 39.3 Å². The predicted octanol–water partition coefficient (Wildman–Crippen LogP) is 4.01. The molecule has 5 rings (SSSR count). The van der Waals surface area contributed by atoms with E-state index in [0.29, 0.717) is 17.2 Å². The second-order valence-electron chi connectivity index (χ2n) is 6.90. The van der Waals surface area contributed by atoms with E-state index >= 15 is 0 Å². The topological polar surface area (TPSA) is 122 Å². The number of aromatic nitrogens is 5. The summed E-state index contributed by atoms with van der Waals surface area (Å²) in [5.41, 5.74) is 10.4. The average Bonchev–Trinajstić information content (AvgIpc) is 3.27. The van der Waals surface area contributed by atoms with Gasteiger partial charge < -0.3 is 19.7 Å². The molecule has 0 aliphatic carbocycles. The van der Waals surface area contributed by atoms with Crippen LogP contribution in [0.1, 0.15) is 0 Å². The number of benzene rings is 2. The van der Waals surface area contributed by atoms with Gasteiger partial charge in [0.25, 0.3) is 0 Å². The van der Waals surface area contributed by atoms with E-state index < -0.39 is 0 Å². The summed E-state index contributed by atoms with van der Waals surface area (Å²) >= 11 is 0. The summed E-state index contributed by atoms with van der Waals surface area (Å²) < 4.78 is 16.3. The lowest BCUT2D eigenvalue weighted by atomic mass is 10.0. The van der Waals surface area contributed by atoms with Crippen molar-refractivity contribution in [3.8, 4) is 45.6 Å². The molecular formula is C23H18N6O3. The summed E-state index contributed by atoms with van der Waals surface area (Å²) in [6.45, 7) is 0. The number of rotatable bonds is 5. The largest absolute Gasteiger partial charge is 0.493 e. The van der Waals surface area contributed by atoms with Crippen LogP contribution in [0.25, 0.3) is 44.7 Å². The van der Waals surface area contributed by atoms with Crippen molar-refractivity contribution in [3.63, 3.8) is 0 Å². The van der Waals surface area contributed by atoms with Crippen LogP contribution in [0.3, 0.4) is 0 Å². The summed E-state index contributed by atoms with van der Waals surface area (Å²) in [5, 5.41) is 5.06. The van der Waals surface area contributed by atoms with Gasteiger partial charge in [-0.2, -0.15) is 9.97 Å². The standard InChI is InChI=1S/C23H18N6O3/c1-30-19-12-26-23(31-2)28-20(19)14-4-3-5-15(10-14)21-16-11-13(6-7-18(16)29-32-21)17-8-9-25-22(24)27-17/h3-12H,1-2H3,(H2,24,25,27). The molecule has 0 bridgehead atoms. The Bertz CT molecular complexity index is 1430. The summed E-state index contributed by atoms with van der Waals surface area (Å²) in [7, 11) is 3.09. The highest BCUT2D eigenvalue weighted by Gasteiger charge is 2.16. The summed E-state index contributed by atoms with van der Waals surface area (Å²) in [6, 6.07) is 15.6. The quantitative estimate of drug-likeness (QED) is 0.444. The van der Waals surface area contributed by atoms with Crippen LogP contribution in [-0.2, 0) is 0 Å². The zero-order valence-corrected chi connectivity index (χ0v) is 17.3. The summed E-state index contributed by atoms with van der Waals surface area (Å²) in [4.78, 5) is 16.8. The van der Waals surface area contributed by atoms with Crippen molar-refractivity contribution >= 4 is 16.9 Å². The van der Waals surface area contributed by atoms with Crippen molar-refractivity contribution in [1.82, 2.24) is 25.1 Å². The number of nitrogens with two attached hydrogens (primary N) is 1. The van der Waals surface area contributed by atoms with Crippen LogP contribution in [0.5, 0.6) is 11.8 Å². The third kappa shape index (κ3) is 3.45. The van der Waals surface area contributed by atoms with E-state index in [2.05, 4.69) is 25.1 Å². The van der Waals surface area contributed by atoms with Crippen molar-refractivity contribution in [3.05, 3.63) is 60.9 Å². The Morgan fingerprint density at radius 3 is 2.56 bits per heavy atom. The molecule has 3 aromatic heterocycles. The van der Waals surface area contributed by atoms with Gasteiger partial charge in [0.15, 0.2) is 11.5 Å². The average molecular weight is 426 g/mol. The molecule has 0 amide bonds. The highest BCUT2D eigenvalue weighted by molar-refractivity contribution is 5.95. The fourth-order valence-electron chi connectivity index (χ4n) is 3.46. The minimum absolute atomic E-state index is 0.218. The van der Waals surface area contributed by atoms with E-state index in [1.807, 2.05) is 42.5 Å². The van der Waals surface area contributed by atoms with E-state index in [9.17, 15) is 0 Å². The second-order valence-corrected chi connectivity index (χ2v) is 6.90. The maximum Gasteiger partial charge on any atom is 0.316 e. The van der Waals surface area contributed by atoms with E-state index in [1.54, 1.807) is 25.6 Å². The number of nitrogens with zero attached hydrogens (tertiary/aromatic N) is 5. The Hall–Kier alpha value is -4.53. The maximum atomic E-state index is 5.74. The molecule has 0 aliphatic rings. The number of nitrogen functional groups attached to an aromatic ring is 1. The van der Waals surface area contributed by atoms with Crippen molar-refractivity contribution in [1.29, 1.82) is 0 Å². The van der Waals surface area contributed by atoms with E-state index in [0.717, 1.165) is 33.3 Å². The monoisotopic (exact) mass is 426 g/mol. The molecule has 2 aromatic carbocycles. The number of methoxy groups -OCH3 is 2. The van der Waals surface area contributed by atoms with Crippen molar-refractivity contribution in [2.45, 2.75) is 0 Å². The molecule has 0 atom stereocenters. The lowest BCUT2D eigenvalue weighted by molar-refractivity contribution is 0.371. The van der Waals surface area contributed by atoms with Gasteiger partial charge in [-0.3, -0.25) is 0 Å². The van der Waals surface area contributed by atoms with Crippen LogP contribution in [0.4, 0.5) is 5.95 Å². The molecule has 32 heavy (non-hydrogen) atoms. The van der Waals surface area contributed by atoms with Gasteiger partial charge in [0.05, 0.1) is 31.5 Å². The molecule has 5 aromatic rings. The molecular weight excluding hydrogens is 408 g/mol. The normalized spacial score (nSPS) is 10.9. The molecule has 9 nitrogen and oxygen atoms in total. The molecule has 2 N–H and O–H groups in total. The maximum absolute atomic E-state index is 5.74. The molecule has 0 fully saturated rings. The number of ether oxygens (including phenoxy) is 2. The zero-order valence-electron chi connectivity index (χ0n) is 17.3. The summed E-state index contributed by atoms with van der Waals surface area (Å²) in [5.74, 6) is 1.38. The van der Waals surface area contributed by atoms with Crippen molar-refractivity contribution < 1.29 is 14.0 Å². The van der Waals surface area contributed by atoms with Gasteiger partial charge in [-0.15, -0.1) is 0 Å². The first-order chi connectivity index (χ1) is 15.7. The van der Waals surface area contributed by atoms with Gasteiger partial charge in [-0.1, -0.05) is 29.4 Å². The van der Waals surface area contributed by atoms with Crippen LogP contribution < -0.4 is 15.2 Å². The number of anilines is 1. The minimum Gasteiger partial charge on any atom is -0.493 e. The first-order valence-corrected chi connectivity index (χ1v) is 9.70. The van der Waals surface area contributed by atoms with E-state index in [1.165, 1.54) is 7.11 Å². The molecule has 0 aliphatic heterocycles. The van der Waals surface area contributed by atoms with Gasteiger partial charge in [0.1, 0.15) is 11.2 Å². The molecule has 0 radical (unpaired) electrons. The number of hydrogen-bond acceptors (Lipinski definition) is 9. The lowest BCUT2D eigenvalue weighted by Gasteiger charge is -2.09. The van der Waals surface area contributed by atoms with Crippen molar-refractivity contribution in [2.24, 2.45) is 0 Å². The van der Waals surface area contributed by atoms with Crippen LogP contribution in [0, 0.1) is 0 Å². The van der Waals surface area contributed by atoms with Crippen molar-refractivity contribution in [2.75, 3.05) is 20.0 Å². The Kier molecular flexibility index (Phi) is 4.83. The fraction of sp³-hybridized carbons (Fsp3) is 0.0870. The second kappa shape index (κ2) is 7.95. The molecule has 3 heterocycles. The van der Waals surface area contributed by atoms with Gasteiger partial charge >= 0.3 is 6.01 Å². The fourth-order valence-corrected chi connectivity index (χ4v) is 3.46. The Labute approximate surface area is 182 Å². The third-order valence-corrected chi connectivity index (χ3v) is 4.98. The number of fused-ring (bicyclic) bond motifs is 1. The first-order valence-electron chi connectivity index (χ1n) is 9.70. The van der Waals surface area contributed by atoms with Gasteiger partial charge in [0.2, 0.25) is 5.95 Å². The van der Waals surface area contributed by atoms with E-state index in [-0.39, 0.29) is 12.0 Å². The van der Waals surface area contributed by atoms with Gasteiger partial charge in [0, 0.05) is 22.9 Å². The predicted molar refractivity (Wildman–Crippen MR) is 119 cm³/mol.